The molecule has 0 saturated heterocycles. The third-order valence-corrected chi connectivity index (χ3v) is 7.44. The quantitative estimate of drug-likeness (QED) is 0.813. The van der Waals surface area contributed by atoms with Gasteiger partial charge in [0.15, 0.2) is 0 Å². The third kappa shape index (κ3) is 3.86. The molecule has 0 aliphatic heterocycles. The zero-order chi connectivity index (χ0) is 17.9. The van der Waals surface area contributed by atoms with E-state index in [-0.39, 0.29) is 24.4 Å². The van der Waals surface area contributed by atoms with Crippen LogP contribution in [-0.4, -0.2) is 29.3 Å². The van der Waals surface area contributed by atoms with Crippen molar-refractivity contribution in [2.45, 2.75) is 57.5 Å². The molecule has 4 rings (SSSR count). The average molecular weight is 389 g/mol. The van der Waals surface area contributed by atoms with Gasteiger partial charge in [-0.05, 0) is 55.2 Å². The van der Waals surface area contributed by atoms with E-state index in [1.54, 1.807) is 22.7 Å². The molecule has 0 bridgehead atoms. The smallest absolute Gasteiger partial charge is 0.264 e. The second-order valence-electron chi connectivity index (χ2n) is 7.14. The molecule has 26 heavy (non-hydrogen) atoms. The maximum atomic E-state index is 13.2. The third-order valence-electron chi connectivity index (χ3n) is 5.34. The topological polar surface area (TPSA) is 49.4 Å². The molecule has 2 amide bonds. The number of aryl methyl sites for hydroxylation is 2. The Morgan fingerprint density at radius 3 is 2.77 bits per heavy atom. The largest absolute Gasteiger partial charge is 0.350 e. The summed E-state index contributed by atoms with van der Waals surface area (Å²) in [6.07, 6.45) is 7.69. The summed E-state index contributed by atoms with van der Waals surface area (Å²) in [5, 5.41) is 4.97. The maximum absolute atomic E-state index is 13.2. The Kier molecular flexibility index (Phi) is 5.41. The molecule has 2 aliphatic carbocycles. The van der Waals surface area contributed by atoms with Gasteiger partial charge in [0.05, 0.1) is 11.4 Å². The lowest BCUT2D eigenvalue weighted by atomic mass is 10.2. The van der Waals surface area contributed by atoms with E-state index >= 15 is 0 Å². The molecule has 1 fully saturated rings. The second-order valence-corrected chi connectivity index (χ2v) is 9.31. The van der Waals surface area contributed by atoms with E-state index in [1.807, 2.05) is 22.4 Å². The van der Waals surface area contributed by atoms with E-state index in [0.29, 0.717) is 6.54 Å². The molecule has 2 heterocycles. The van der Waals surface area contributed by atoms with Crippen LogP contribution >= 0.6 is 22.7 Å². The van der Waals surface area contributed by atoms with Crippen LogP contribution in [0.2, 0.25) is 0 Å². The van der Waals surface area contributed by atoms with Gasteiger partial charge in [-0.15, -0.1) is 22.7 Å². The van der Waals surface area contributed by atoms with Gasteiger partial charge in [-0.3, -0.25) is 9.59 Å². The van der Waals surface area contributed by atoms with E-state index in [2.05, 4.69) is 11.4 Å². The van der Waals surface area contributed by atoms with Gasteiger partial charge >= 0.3 is 0 Å². The minimum Gasteiger partial charge on any atom is -0.350 e. The summed E-state index contributed by atoms with van der Waals surface area (Å²) in [5.74, 6) is -0.0229. The number of hydrogen-bond donors (Lipinski definition) is 1. The van der Waals surface area contributed by atoms with Gasteiger partial charge < -0.3 is 10.2 Å². The van der Waals surface area contributed by atoms with Gasteiger partial charge in [0.2, 0.25) is 5.91 Å². The number of carbonyl (C=O) groups is 2. The summed E-state index contributed by atoms with van der Waals surface area (Å²) in [4.78, 5) is 30.8. The molecule has 1 saturated carbocycles. The van der Waals surface area contributed by atoms with Crippen LogP contribution in [0.25, 0.3) is 0 Å². The van der Waals surface area contributed by atoms with Gasteiger partial charge in [0, 0.05) is 15.8 Å². The summed E-state index contributed by atoms with van der Waals surface area (Å²) < 4.78 is 0. The fourth-order valence-corrected chi connectivity index (χ4v) is 5.82. The summed E-state index contributed by atoms with van der Waals surface area (Å²) in [5.41, 5.74) is 1.34. The molecule has 2 aromatic rings. The van der Waals surface area contributed by atoms with Gasteiger partial charge in [-0.1, -0.05) is 18.9 Å². The van der Waals surface area contributed by atoms with Gasteiger partial charge in [0.25, 0.3) is 5.91 Å². The number of nitrogens with one attached hydrogen (secondary N) is 1. The van der Waals surface area contributed by atoms with Crippen LogP contribution in [0.5, 0.6) is 0 Å². The van der Waals surface area contributed by atoms with Crippen LogP contribution in [0.4, 0.5) is 0 Å². The molecule has 0 aromatic carbocycles. The molecule has 138 valence electrons. The Morgan fingerprint density at radius 1 is 1.19 bits per heavy atom. The van der Waals surface area contributed by atoms with Crippen molar-refractivity contribution in [2.24, 2.45) is 0 Å². The average Bonchev–Trinajstić information content (AvgIpc) is 3.41. The number of amides is 2. The highest BCUT2D eigenvalue weighted by molar-refractivity contribution is 7.14. The van der Waals surface area contributed by atoms with E-state index in [1.165, 1.54) is 16.9 Å². The van der Waals surface area contributed by atoms with Gasteiger partial charge in [-0.2, -0.15) is 0 Å². The van der Waals surface area contributed by atoms with Crippen LogP contribution < -0.4 is 5.32 Å². The van der Waals surface area contributed by atoms with Crippen molar-refractivity contribution >= 4 is 34.5 Å². The molecule has 0 atom stereocenters. The predicted octanol–water partition coefficient (Wildman–Crippen LogP) is 4.00. The van der Waals surface area contributed by atoms with Crippen LogP contribution in [-0.2, 0) is 24.2 Å². The van der Waals surface area contributed by atoms with Crippen molar-refractivity contribution in [3.63, 3.8) is 0 Å². The maximum Gasteiger partial charge on any atom is 0.264 e. The predicted molar refractivity (Wildman–Crippen MR) is 106 cm³/mol. The van der Waals surface area contributed by atoms with Crippen molar-refractivity contribution in [1.82, 2.24) is 10.2 Å². The Labute approximate surface area is 162 Å². The Bertz CT molecular complexity index is 754. The highest BCUT2D eigenvalue weighted by atomic mass is 32.1. The zero-order valence-electron chi connectivity index (χ0n) is 14.8. The SMILES string of the molecule is O=C(CN(C(=O)c1cc2c(s1)CCC2)C1CCCC1)NCc1cccs1. The first-order chi connectivity index (χ1) is 12.7. The lowest BCUT2D eigenvalue weighted by Crippen LogP contribution is -2.45. The van der Waals surface area contributed by atoms with Crippen molar-refractivity contribution in [3.8, 4) is 0 Å². The molecule has 6 heteroatoms. The number of rotatable bonds is 6. The summed E-state index contributed by atoms with van der Waals surface area (Å²) in [6.45, 7) is 0.702. The molecule has 1 N–H and O–H groups in total. The van der Waals surface area contributed by atoms with Gasteiger partial charge in [0.1, 0.15) is 6.54 Å². The summed E-state index contributed by atoms with van der Waals surface area (Å²) in [6, 6.07) is 6.27. The zero-order valence-corrected chi connectivity index (χ0v) is 16.5. The standard InChI is InChI=1S/C20H24N2O2S2/c23-19(21-12-16-8-4-10-25-16)13-22(15-6-1-2-7-15)20(24)18-11-14-5-3-9-17(14)26-18/h4,8,10-11,15H,1-3,5-7,9,12-13H2,(H,21,23). The molecular formula is C20H24N2O2S2. The highest BCUT2D eigenvalue weighted by Gasteiger charge is 2.31. The van der Waals surface area contributed by atoms with E-state index in [0.717, 1.165) is 48.3 Å². The van der Waals surface area contributed by atoms with Crippen molar-refractivity contribution in [2.75, 3.05) is 6.54 Å². The Balaban J connectivity index is 1.44. The van der Waals surface area contributed by atoms with Crippen LogP contribution in [0.1, 0.15) is 57.1 Å². The van der Waals surface area contributed by atoms with Crippen molar-refractivity contribution in [1.29, 1.82) is 0 Å². The van der Waals surface area contributed by atoms with Crippen LogP contribution in [0, 0.1) is 0 Å². The lowest BCUT2D eigenvalue weighted by Gasteiger charge is -2.28. The highest BCUT2D eigenvalue weighted by Crippen LogP contribution is 2.33. The number of nitrogens with zero attached hydrogens (tertiary/aromatic N) is 1. The molecule has 2 aromatic heterocycles. The first kappa shape index (κ1) is 17.7. The number of fused-ring (bicyclic) bond motifs is 1. The lowest BCUT2D eigenvalue weighted by molar-refractivity contribution is -0.122. The molecule has 0 radical (unpaired) electrons. The fraction of sp³-hybridized carbons (Fsp3) is 0.500. The molecule has 4 nitrogen and oxygen atoms in total. The minimum atomic E-state index is -0.0669. The fourth-order valence-electron chi connectivity index (χ4n) is 3.97. The molecule has 0 unspecified atom stereocenters. The van der Waals surface area contributed by atoms with Crippen molar-refractivity contribution in [3.05, 3.63) is 43.8 Å². The van der Waals surface area contributed by atoms with E-state index in [4.69, 9.17) is 0 Å². The second kappa shape index (κ2) is 7.92. The van der Waals surface area contributed by atoms with Crippen molar-refractivity contribution < 1.29 is 9.59 Å². The van der Waals surface area contributed by atoms with Crippen LogP contribution in [0.3, 0.4) is 0 Å². The number of carbonyl (C=O) groups excluding carboxylic acids is 2. The monoisotopic (exact) mass is 388 g/mol. The molecule has 2 aliphatic rings. The van der Waals surface area contributed by atoms with Crippen LogP contribution in [0.15, 0.2) is 23.6 Å². The first-order valence-electron chi connectivity index (χ1n) is 9.42. The van der Waals surface area contributed by atoms with Gasteiger partial charge in [-0.25, -0.2) is 0 Å². The normalized spacial score (nSPS) is 16.6. The summed E-state index contributed by atoms with van der Waals surface area (Å²) >= 11 is 3.27. The van der Waals surface area contributed by atoms with E-state index < -0.39 is 0 Å². The minimum absolute atomic E-state index is 0.0440. The molecule has 0 spiro atoms. The Morgan fingerprint density at radius 2 is 2.04 bits per heavy atom. The van der Waals surface area contributed by atoms with E-state index in [9.17, 15) is 9.59 Å². The first-order valence-corrected chi connectivity index (χ1v) is 11.1. The molecular weight excluding hydrogens is 364 g/mol. The number of thiophene rings is 2. The number of hydrogen-bond acceptors (Lipinski definition) is 4. The Hall–Kier alpha value is -1.66. The summed E-state index contributed by atoms with van der Waals surface area (Å²) in [7, 11) is 0.